The average Bonchev–Trinajstić information content (AvgIpc) is 3.18. The van der Waals surface area contributed by atoms with Gasteiger partial charge in [0.05, 0.1) is 57.2 Å². The Balaban J connectivity index is 0.00000580. The third-order valence-corrected chi connectivity index (χ3v) is 10.7. The highest BCUT2D eigenvalue weighted by Gasteiger charge is 2.37. The number of carbonyl (C=O) groups is 1. The lowest BCUT2D eigenvalue weighted by Gasteiger charge is -2.50. The van der Waals surface area contributed by atoms with E-state index in [1.54, 1.807) is 23.6 Å². The quantitative estimate of drug-likeness (QED) is 0.0982. The Morgan fingerprint density at radius 3 is 1.96 bits per heavy atom. The van der Waals surface area contributed by atoms with Crippen LogP contribution in [0, 0.1) is 11.6 Å². The van der Waals surface area contributed by atoms with E-state index in [0.717, 1.165) is 43.9 Å². The van der Waals surface area contributed by atoms with Crippen molar-refractivity contribution >= 4 is 22.5 Å². The molecule has 1 aromatic heterocycles. The maximum absolute atomic E-state index is 14.2. The normalized spacial score (nSPS) is 17.5. The molecule has 7 rings (SSSR count). The van der Waals surface area contributed by atoms with Crippen LogP contribution in [-0.2, 0) is 0 Å². The number of benzene rings is 3. The molecule has 298 valence electrons. The van der Waals surface area contributed by atoms with Crippen molar-refractivity contribution in [2.24, 2.45) is 0 Å². The van der Waals surface area contributed by atoms with Gasteiger partial charge in [0.2, 0.25) is 5.43 Å². The van der Waals surface area contributed by atoms with Gasteiger partial charge in [-0.2, -0.15) is 0 Å². The van der Waals surface area contributed by atoms with Gasteiger partial charge in [-0.25, -0.2) is 8.78 Å². The van der Waals surface area contributed by atoms with Crippen molar-refractivity contribution in [2.45, 2.75) is 65.7 Å². The van der Waals surface area contributed by atoms with Crippen LogP contribution in [0.5, 0.6) is 17.2 Å². The molecule has 12 heteroatoms. The molecule has 4 aromatic rings. The molecule has 1 amide bonds. The minimum absolute atomic E-state index is 0. The largest absolute Gasteiger partial charge is 1.00 e. The van der Waals surface area contributed by atoms with Gasteiger partial charge in [0.15, 0.2) is 0 Å². The first kappa shape index (κ1) is 42.1. The lowest BCUT2D eigenvalue weighted by Crippen LogP contribution is -3.00. The molecular weight excluding hydrogens is 770 g/mol. The number of nitrogens with zero attached hydrogens (tertiary/aromatic N) is 4. The summed E-state index contributed by atoms with van der Waals surface area (Å²) in [6, 6.07) is 13.7. The Morgan fingerprint density at radius 2 is 1.35 bits per heavy atom. The van der Waals surface area contributed by atoms with Gasteiger partial charge in [0.1, 0.15) is 34.4 Å². The van der Waals surface area contributed by atoms with Crippen molar-refractivity contribution in [1.82, 2.24) is 9.47 Å². The summed E-state index contributed by atoms with van der Waals surface area (Å²) in [4.78, 5) is 32.0. The molecule has 3 aliphatic rings. The topological polar surface area (TPSA) is 73.2 Å². The first-order chi connectivity index (χ1) is 26.2. The van der Waals surface area contributed by atoms with E-state index in [4.69, 9.17) is 14.2 Å². The predicted molar refractivity (Wildman–Crippen MR) is 210 cm³/mol. The molecule has 0 atom stereocenters. The lowest BCUT2D eigenvalue weighted by atomic mass is 10.1. The van der Waals surface area contributed by atoms with Crippen molar-refractivity contribution in [1.29, 1.82) is 0 Å². The molecule has 9 nitrogen and oxygen atoms in total. The summed E-state index contributed by atoms with van der Waals surface area (Å²) in [6.07, 6.45) is 8.82. The number of amides is 1. The third-order valence-electron chi connectivity index (χ3n) is 10.7. The van der Waals surface area contributed by atoms with Gasteiger partial charge in [0, 0.05) is 73.8 Å². The SMILES string of the molecule is CCCOc1cc(OCCC)cc(-n2cc(C(=O)N(CC)c3cc(F)cc(F)c3)c(=O)c3ccc(OCCCCCCC[N+]45CCN(CC4)CC5)cc32)c1.[Br-]. The number of carbonyl (C=O) groups excluding carboxylic acids is 1. The van der Waals surface area contributed by atoms with E-state index in [0.29, 0.717) is 53.7 Å². The highest BCUT2D eigenvalue weighted by molar-refractivity contribution is 6.07. The second-order valence-electron chi connectivity index (χ2n) is 14.7. The molecule has 4 heterocycles. The number of ether oxygens (including phenoxy) is 3. The van der Waals surface area contributed by atoms with Crippen molar-refractivity contribution < 1.29 is 49.3 Å². The summed E-state index contributed by atoms with van der Waals surface area (Å²) in [7, 11) is 0. The summed E-state index contributed by atoms with van der Waals surface area (Å²) >= 11 is 0. The van der Waals surface area contributed by atoms with Crippen molar-refractivity contribution in [3.05, 3.63) is 88.2 Å². The van der Waals surface area contributed by atoms with Gasteiger partial charge in [-0.3, -0.25) is 14.5 Å². The maximum atomic E-state index is 14.2. The number of unbranched alkanes of at least 4 members (excludes halogenated alkanes) is 4. The Morgan fingerprint density at radius 1 is 0.745 bits per heavy atom. The molecule has 0 spiro atoms. The molecule has 3 saturated heterocycles. The van der Waals surface area contributed by atoms with Gasteiger partial charge >= 0.3 is 0 Å². The fourth-order valence-electron chi connectivity index (χ4n) is 7.68. The van der Waals surface area contributed by atoms with E-state index in [-0.39, 0.29) is 34.8 Å². The number of pyridine rings is 1. The van der Waals surface area contributed by atoms with Crippen LogP contribution in [0.4, 0.5) is 14.5 Å². The predicted octanol–water partition coefficient (Wildman–Crippen LogP) is 4.99. The molecule has 0 N–H and O–H groups in total. The summed E-state index contributed by atoms with van der Waals surface area (Å²) in [5.41, 5.74) is 0.530. The molecule has 0 aliphatic carbocycles. The monoisotopic (exact) mass is 824 g/mol. The highest BCUT2D eigenvalue weighted by Crippen LogP contribution is 2.30. The average molecular weight is 826 g/mol. The van der Waals surface area contributed by atoms with Gasteiger partial charge in [-0.05, 0) is 63.3 Å². The zero-order valence-corrected chi connectivity index (χ0v) is 34.1. The molecule has 0 unspecified atom stereocenters. The minimum atomic E-state index is -0.817. The Kier molecular flexibility index (Phi) is 15.1. The summed E-state index contributed by atoms with van der Waals surface area (Å²) < 4.78 is 49.9. The summed E-state index contributed by atoms with van der Waals surface area (Å²) in [6.45, 7) is 16.4. The zero-order chi connectivity index (χ0) is 38.1. The van der Waals surface area contributed by atoms with Crippen LogP contribution < -0.4 is 41.5 Å². The second-order valence-corrected chi connectivity index (χ2v) is 14.7. The van der Waals surface area contributed by atoms with Crippen LogP contribution in [-0.4, -0.2) is 92.0 Å². The van der Waals surface area contributed by atoms with Crippen LogP contribution in [0.25, 0.3) is 16.6 Å². The fourth-order valence-corrected chi connectivity index (χ4v) is 7.68. The van der Waals surface area contributed by atoms with Gasteiger partial charge in [0.25, 0.3) is 5.91 Å². The smallest absolute Gasteiger partial charge is 0.263 e. The zero-order valence-electron chi connectivity index (χ0n) is 32.5. The molecule has 3 aromatic carbocycles. The van der Waals surface area contributed by atoms with E-state index >= 15 is 0 Å². The molecule has 0 saturated carbocycles. The van der Waals surface area contributed by atoms with Gasteiger partial charge in [-0.15, -0.1) is 0 Å². The molecule has 0 radical (unpaired) electrons. The van der Waals surface area contributed by atoms with Crippen molar-refractivity contribution in [3.63, 3.8) is 0 Å². The summed E-state index contributed by atoms with van der Waals surface area (Å²) in [5, 5.41) is 0.298. The molecule has 3 aliphatic heterocycles. The van der Waals surface area contributed by atoms with Crippen LogP contribution in [0.2, 0.25) is 0 Å². The fraction of sp³-hybridized carbons (Fsp3) is 0.488. The number of quaternary nitrogens is 1. The van der Waals surface area contributed by atoms with Gasteiger partial charge < -0.3 is 45.1 Å². The number of rotatable bonds is 19. The van der Waals surface area contributed by atoms with Crippen LogP contribution in [0.15, 0.2) is 65.6 Å². The van der Waals surface area contributed by atoms with E-state index in [9.17, 15) is 18.4 Å². The van der Waals surface area contributed by atoms with E-state index < -0.39 is 23.0 Å². The number of hydrogen-bond donors (Lipinski definition) is 0. The third kappa shape index (κ3) is 10.4. The Hall–Kier alpha value is -4.00. The second kappa shape index (κ2) is 19.7. The molecule has 55 heavy (non-hydrogen) atoms. The standard InChI is InChI=1S/C43H55F2N4O5.BrH/c1-4-21-52-37-27-35(28-38(29-37)53-22-5-2)48-31-40(43(51)47(6-3)34-25-32(44)24-33(45)26-34)42(50)39-13-12-36(30-41(39)48)54-23-11-9-7-8-10-17-49-18-14-46(15-19-49)16-20-49;/h12-13,24-31H,4-11,14-23H2,1-3H3;1H/q+1;/p-1. The Bertz CT molecular complexity index is 1910. The first-order valence-electron chi connectivity index (χ1n) is 19.8. The summed E-state index contributed by atoms with van der Waals surface area (Å²) in [5.74, 6) is -0.529. The van der Waals surface area contributed by atoms with Crippen LogP contribution in [0.1, 0.15) is 76.1 Å². The minimum Gasteiger partial charge on any atom is -1.00 e. The van der Waals surface area contributed by atoms with Crippen molar-refractivity contribution in [3.8, 4) is 22.9 Å². The number of piperazine rings is 3. The van der Waals surface area contributed by atoms with E-state index in [1.165, 1.54) is 80.7 Å². The number of fused-ring (bicyclic) bond motifs is 4. The Labute approximate surface area is 334 Å². The van der Waals surface area contributed by atoms with Crippen LogP contribution >= 0.6 is 0 Å². The number of halogens is 3. The first-order valence-corrected chi connectivity index (χ1v) is 19.8. The number of hydrogen-bond acceptors (Lipinski definition) is 6. The van der Waals surface area contributed by atoms with E-state index in [1.807, 2.05) is 38.1 Å². The van der Waals surface area contributed by atoms with E-state index in [2.05, 4.69) is 4.90 Å². The number of anilines is 1. The highest BCUT2D eigenvalue weighted by atomic mass is 79.9. The molecular formula is C43H55BrF2N4O5. The molecule has 2 bridgehead atoms. The van der Waals surface area contributed by atoms with Gasteiger partial charge in [-0.1, -0.05) is 26.7 Å². The molecule has 3 fully saturated rings. The lowest BCUT2D eigenvalue weighted by molar-refractivity contribution is -0.941. The number of aromatic nitrogens is 1. The maximum Gasteiger partial charge on any atom is 0.263 e. The van der Waals surface area contributed by atoms with Crippen molar-refractivity contribution in [2.75, 3.05) is 77.1 Å². The van der Waals surface area contributed by atoms with Crippen LogP contribution in [0.3, 0.4) is 0 Å².